The highest BCUT2D eigenvalue weighted by molar-refractivity contribution is 7.89. The molecule has 2 aromatic carbocycles. The number of nitrogen functional groups attached to an aromatic ring is 1. The lowest BCUT2D eigenvalue weighted by Crippen LogP contribution is -2.31. The van der Waals surface area contributed by atoms with Gasteiger partial charge in [-0.3, -0.25) is 4.79 Å². The first-order valence-electron chi connectivity index (χ1n) is 8.60. The molecule has 0 saturated carbocycles. The lowest BCUT2D eigenvalue weighted by Gasteiger charge is -2.20. The average Bonchev–Trinajstić information content (AvgIpc) is 2.64. The van der Waals surface area contributed by atoms with E-state index < -0.39 is 15.9 Å². The number of carbonyl (C=O) groups is 1. The molecule has 0 saturated heterocycles. The maximum absolute atomic E-state index is 12.8. The number of methoxy groups -OCH3 is 1. The van der Waals surface area contributed by atoms with Crippen LogP contribution < -0.4 is 15.8 Å². The van der Waals surface area contributed by atoms with Crippen molar-refractivity contribution >= 4 is 39.7 Å². The van der Waals surface area contributed by atoms with Crippen LogP contribution in [0.3, 0.4) is 0 Å². The molecule has 0 atom stereocenters. The van der Waals surface area contributed by atoms with E-state index >= 15 is 0 Å². The molecule has 0 aliphatic carbocycles. The van der Waals surface area contributed by atoms with Gasteiger partial charge in [-0.05, 0) is 36.8 Å². The summed E-state index contributed by atoms with van der Waals surface area (Å²) in [6.07, 6.45) is 0. The van der Waals surface area contributed by atoms with Crippen molar-refractivity contribution in [1.82, 2.24) is 4.31 Å². The van der Waals surface area contributed by atoms with Crippen molar-refractivity contribution in [3.8, 4) is 5.75 Å². The molecule has 0 bridgehead atoms. The van der Waals surface area contributed by atoms with Crippen LogP contribution in [0.15, 0.2) is 41.3 Å². The van der Waals surface area contributed by atoms with Crippen LogP contribution in [0.25, 0.3) is 0 Å². The van der Waals surface area contributed by atoms with E-state index in [9.17, 15) is 13.2 Å². The van der Waals surface area contributed by atoms with Gasteiger partial charge in [0.1, 0.15) is 5.75 Å². The Hall–Kier alpha value is -2.29. The zero-order valence-corrected chi connectivity index (χ0v) is 18.0. The smallest absolute Gasteiger partial charge is 0.255 e. The minimum atomic E-state index is -3.67. The third-order valence-electron chi connectivity index (χ3n) is 4.28. The molecule has 0 aliphatic rings. The molecule has 0 spiro atoms. The number of aryl methyl sites for hydroxylation is 1. The first kappa shape index (κ1) is 23.7. The van der Waals surface area contributed by atoms with Gasteiger partial charge < -0.3 is 15.8 Å². The van der Waals surface area contributed by atoms with Gasteiger partial charge in [0.25, 0.3) is 5.91 Å². The molecule has 9 heteroatoms. The summed E-state index contributed by atoms with van der Waals surface area (Å²) in [5.74, 6) is 0.0964. The Labute approximate surface area is 172 Å². The summed E-state index contributed by atoms with van der Waals surface area (Å²) in [7, 11) is -2.16. The van der Waals surface area contributed by atoms with Crippen molar-refractivity contribution in [1.29, 1.82) is 0 Å². The third kappa shape index (κ3) is 4.95. The van der Waals surface area contributed by atoms with Gasteiger partial charge >= 0.3 is 0 Å². The van der Waals surface area contributed by atoms with Gasteiger partial charge in [0.05, 0.1) is 23.4 Å². The number of hydrogen-bond acceptors (Lipinski definition) is 5. The lowest BCUT2D eigenvalue weighted by molar-refractivity contribution is 0.102. The molecule has 7 nitrogen and oxygen atoms in total. The quantitative estimate of drug-likeness (QED) is 0.660. The van der Waals surface area contributed by atoms with Crippen molar-refractivity contribution in [2.75, 3.05) is 31.2 Å². The number of nitrogens with one attached hydrogen (secondary N) is 1. The van der Waals surface area contributed by atoms with Gasteiger partial charge in [0.15, 0.2) is 0 Å². The van der Waals surface area contributed by atoms with E-state index in [0.717, 1.165) is 0 Å². The molecule has 0 heterocycles. The van der Waals surface area contributed by atoms with E-state index in [1.165, 1.54) is 17.5 Å². The fraction of sp³-hybridized carbons (Fsp3) is 0.316. The van der Waals surface area contributed by atoms with Crippen LogP contribution >= 0.6 is 12.4 Å². The van der Waals surface area contributed by atoms with Gasteiger partial charge in [-0.2, -0.15) is 4.31 Å². The van der Waals surface area contributed by atoms with Gasteiger partial charge in [-0.1, -0.05) is 19.9 Å². The molecule has 0 radical (unpaired) electrons. The van der Waals surface area contributed by atoms with E-state index in [1.807, 2.05) is 0 Å². The van der Waals surface area contributed by atoms with Gasteiger partial charge in [0.2, 0.25) is 10.0 Å². The summed E-state index contributed by atoms with van der Waals surface area (Å²) < 4.78 is 32.2. The zero-order valence-electron chi connectivity index (χ0n) is 16.4. The number of ether oxygens (including phenoxy) is 1. The second kappa shape index (κ2) is 9.77. The van der Waals surface area contributed by atoms with E-state index in [2.05, 4.69) is 5.32 Å². The summed E-state index contributed by atoms with van der Waals surface area (Å²) in [4.78, 5) is 12.8. The predicted octanol–water partition coefficient (Wildman–Crippen LogP) is 3.29. The maximum atomic E-state index is 12.8. The van der Waals surface area contributed by atoms with Crippen LogP contribution in [0.4, 0.5) is 11.4 Å². The molecular formula is C19H26ClN3O4S. The largest absolute Gasteiger partial charge is 0.497 e. The van der Waals surface area contributed by atoms with E-state index in [1.54, 1.807) is 51.1 Å². The number of amides is 1. The lowest BCUT2D eigenvalue weighted by atomic mass is 10.1. The number of nitrogens with two attached hydrogens (primary N) is 1. The molecule has 0 aliphatic heterocycles. The van der Waals surface area contributed by atoms with Crippen LogP contribution in [-0.4, -0.2) is 38.8 Å². The molecule has 1 amide bonds. The number of anilines is 2. The van der Waals surface area contributed by atoms with E-state index in [4.69, 9.17) is 10.5 Å². The summed E-state index contributed by atoms with van der Waals surface area (Å²) in [6, 6.07) is 9.53. The average molecular weight is 428 g/mol. The van der Waals surface area contributed by atoms with Gasteiger partial charge in [0, 0.05) is 24.7 Å². The Morgan fingerprint density at radius 2 is 1.79 bits per heavy atom. The monoisotopic (exact) mass is 427 g/mol. The van der Waals surface area contributed by atoms with Gasteiger partial charge in [-0.25, -0.2) is 8.42 Å². The van der Waals surface area contributed by atoms with Crippen molar-refractivity contribution < 1.29 is 17.9 Å². The molecule has 3 N–H and O–H groups in total. The number of rotatable bonds is 7. The normalized spacial score (nSPS) is 11.0. The van der Waals surface area contributed by atoms with Crippen molar-refractivity contribution in [2.24, 2.45) is 0 Å². The summed E-state index contributed by atoms with van der Waals surface area (Å²) >= 11 is 0. The minimum Gasteiger partial charge on any atom is -0.497 e. The van der Waals surface area contributed by atoms with Crippen molar-refractivity contribution in [3.63, 3.8) is 0 Å². The van der Waals surface area contributed by atoms with Crippen LogP contribution in [-0.2, 0) is 10.0 Å². The number of hydrogen-bond donors (Lipinski definition) is 2. The standard InChI is InChI=1S/C19H25N3O4S.ClH/c1-5-22(6-2)27(24,25)18-11-14(8-7-13(18)3)19(23)21-17-12-15(26-4)9-10-16(17)20;/h7-12H,5-6,20H2,1-4H3,(H,21,23);1H. The first-order chi connectivity index (χ1) is 12.7. The number of sulfonamides is 1. The molecule has 2 aromatic rings. The second-order valence-corrected chi connectivity index (χ2v) is 7.88. The van der Waals surface area contributed by atoms with Crippen molar-refractivity contribution in [3.05, 3.63) is 47.5 Å². The fourth-order valence-corrected chi connectivity index (χ4v) is 4.40. The Morgan fingerprint density at radius 3 is 2.36 bits per heavy atom. The SMILES string of the molecule is CCN(CC)S(=O)(=O)c1cc(C(=O)Nc2cc(OC)ccc2N)ccc1C.Cl. The topological polar surface area (TPSA) is 102 Å². The highest BCUT2D eigenvalue weighted by atomic mass is 35.5. The molecule has 154 valence electrons. The molecule has 0 fully saturated rings. The molecule has 2 rings (SSSR count). The van der Waals surface area contributed by atoms with Crippen LogP contribution in [0, 0.1) is 6.92 Å². The predicted molar refractivity (Wildman–Crippen MR) is 114 cm³/mol. The van der Waals surface area contributed by atoms with E-state index in [-0.39, 0.29) is 22.9 Å². The highest BCUT2D eigenvalue weighted by Crippen LogP contribution is 2.26. The zero-order chi connectivity index (χ0) is 20.2. The van der Waals surface area contributed by atoms with E-state index in [0.29, 0.717) is 35.8 Å². The number of carbonyl (C=O) groups excluding carboxylic acids is 1. The van der Waals surface area contributed by atoms with Crippen LogP contribution in [0.1, 0.15) is 29.8 Å². The Bertz CT molecular complexity index is 944. The Kier molecular flexibility index (Phi) is 8.29. The highest BCUT2D eigenvalue weighted by Gasteiger charge is 2.24. The molecule has 28 heavy (non-hydrogen) atoms. The number of nitrogens with zero attached hydrogens (tertiary/aromatic N) is 1. The second-order valence-electron chi connectivity index (χ2n) is 5.98. The Morgan fingerprint density at radius 1 is 1.14 bits per heavy atom. The third-order valence-corrected chi connectivity index (χ3v) is 6.47. The Balaban J connectivity index is 0.00000392. The number of halogens is 1. The fourth-order valence-electron chi connectivity index (χ4n) is 2.69. The molecule has 0 unspecified atom stereocenters. The minimum absolute atomic E-state index is 0. The van der Waals surface area contributed by atoms with Crippen LogP contribution in [0.5, 0.6) is 5.75 Å². The molecule has 0 aromatic heterocycles. The molecular weight excluding hydrogens is 402 g/mol. The summed E-state index contributed by atoms with van der Waals surface area (Å²) in [5, 5.41) is 2.70. The summed E-state index contributed by atoms with van der Waals surface area (Å²) in [5.41, 5.74) is 7.49. The van der Waals surface area contributed by atoms with Crippen LogP contribution in [0.2, 0.25) is 0 Å². The maximum Gasteiger partial charge on any atom is 0.255 e. The summed E-state index contributed by atoms with van der Waals surface area (Å²) in [6.45, 7) is 5.97. The van der Waals surface area contributed by atoms with Gasteiger partial charge in [-0.15, -0.1) is 12.4 Å². The number of benzene rings is 2. The van der Waals surface area contributed by atoms with Crippen molar-refractivity contribution in [2.45, 2.75) is 25.7 Å². The first-order valence-corrected chi connectivity index (χ1v) is 10.0.